The van der Waals surface area contributed by atoms with Crippen molar-refractivity contribution in [3.8, 4) is 17.3 Å². The second-order valence-corrected chi connectivity index (χ2v) is 6.04. The molecular weight excluding hydrogens is 320 g/mol. The van der Waals surface area contributed by atoms with E-state index in [1.54, 1.807) is 16.7 Å². The van der Waals surface area contributed by atoms with Gasteiger partial charge in [0.05, 0.1) is 23.2 Å². The van der Waals surface area contributed by atoms with Gasteiger partial charge in [0.2, 0.25) is 0 Å². The second-order valence-electron chi connectivity index (χ2n) is 5.64. The number of halogens is 1. The number of hydrogen-bond acceptors (Lipinski definition) is 5. The molecule has 0 spiro atoms. The van der Waals surface area contributed by atoms with Gasteiger partial charge in [-0.15, -0.1) is 0 Å². The summed E-state index contributed by atoms with van der Waals surface area (Å²) in [5.74, 6) is 1.01. The Bertz CT molecular complexity index is 977. The molecule has 0 amide bonds. The number of fused-ring (bicyclic) bond motifs is 2. The SMILES string of the molecule is COc1cc2c(cc1Cl)nc1c(=O)[nH]c(=O)nc-1n2CC(C)C. The van der Waals surface area contributed by atoms with E-state index in [-0.39, 0.29) is 17.4 Å². The molecule has 2 aliphatic heterocycles. The molecule has 1 aromatic rings. The predicted octanol–water partition coefficient (Wildman–Crippen LogP) is 1.90. The minimum atomic E-state index is -0.693. The van der Waals surface area contributed by atoms with E-state index in [1.807, 2.05) is 13.8 Å². The van der Waals surface area contributed by atoms with E-state index >= 15 is 0 Å². The summed E-state index contributed by atoms with van der Waals surface area (Å²) < 4.78 is 7.05. The van der Waals surface area contributed by atoms with Crippen molar-refractivity contribution < 1.29 is 4.74 Å². The number of benzene rings is 1. The van der Waals surface area contributed by atoms with Crippen LogP contribution in [-0.4, -0.2) is 26.6 Å². The maximum absolute atomic E-state index is 12.1. The molecule has 2 aliphatic rings. The number of methoxy groups -OCH3 is 1. The van der Waals surface area contributed by atoms with Crippen molar-refractivity contribution >= 4 is 22.6 Å². The van der Waals surface area contributed by atoms with Gasteiger partial charge in [0, 0.05) is 12.6 Å². The molecule has 0 saturated carbocycles. The van der Waals surface area contributed by atoms with Crippen LogP contribution in [0.3, 0.4) is 0 Å². The van der Waals surface area contributed by atoms with Gasteiger partial charge >= 0.3 is 5.69 Å². The largest absolute Gasteiger partial charge is 0.495 e. The zero-order valence-corrected chi connectivity index (χ0v) is 13.6. The van der Waals surface area contributed by atoms with E-state index in [4.69, 9.17) is 16.3 Å². The molecular formula is C15H15ClN4O3. The summed E-state index contributed by atoms with van der Waals surface area (Å²) in [5.41, 5.74) is 0.0901. The number of hydrogen-bond donors (Lipinski definition) is 1. The van der Waals surface area contributed by atoms with Crippen molar-refractivity contribution in [2.24, 2.45) is 5.92 Å². The average molecular weight is 335 g/mol. The number of ether oxygens (including phenoxy) is 1. The first kappa shape index (κ1) is 15.5. The Hall–Kier alpha value is -2.41. The van der Waals surface area contributed by atoms with Gasteiger partial charge in [-0.3, -0.25) is 9.78 Å². The fourth-order valence-electron chi connectivity index (χ4n) is 2.50. The third-order valence-corrected chi connectivity index (χ3v) is 3.73. The molecule has 3 rings (SSSR count). The zero-order chi connectivity index (χ0) is 16.7. The molecule has 2 heterocycles. The molecule has 0 aromatic heterocycles. The van der Waals surface area contributed by atoms with Crippen molar-refractivity contribution in [2.75, 3.05) is 7.11 Å². The minimum absolute atomic E-state index is 0.110. The van der Waals surface area contributed by atoms with Gasteiger partial charge in [-0.2, -0.15) is 4.98 Å². The van der Waals surface area contributed by atoms with Crippen LogP contribution < -0.4 is 16.0 Å². The van der Waals surface area contributed by atoms with Crippen molar-refractivity contribution in [2.45, 2.75) is 20.4 Å². The summed E-state index contributed by atoms with van der Waals surface area (Å²) in [4.78, 5) is 34.1. The molecule has 0 radical (unpaired) electrons. The van der Waals surface area contributed by atoms with Gasteiger partial charge < -0.3 is 9.30 Å². The van der Waals surface area contributed by atoms with Crippen molar-refractivity contribution in [1.29, 1.82) is 0 Å². The van der Waals surface area contributed by atoms with Crippen LogP contribution in [0.4, 0.5) is 0 Å². The Kier molecular flexibility index (Phi) is 3.81. The van der Waals surface area contributed by atoms with Gasteiger partial charge in [0.1, 0.15) is 5.75 Å². The van der Waals surface area contributed by atoms with Crippen LogP contribution in [0.25, 0.3) is 22.6 Å². The highest BCUT2D eigenvalue weighted by molar-refractivity contribution is 6.32. The summed E-state index contributed by atoms with van der Waals surface area (Å²) >= 11 is 6.15. The molecule has 0 saturated heterocycles. The molecule has 0 aliphatic carbocycles. The van der Waals surface area contributed by atoms with E-state index in [2.05, 4.69) is 15.0 Å². The zero-order valence-electron chi connectivity index (χ0n) is 12.9. The number of nitrogens with zero attached hydrogens (tertiary/aromatic N) is 3. The van der Waals surface area contributed by atoms with Gasteiger partial charge in [-0.25, -0.2) is 9.78 Å². The highest BCUT2D eigenvalue weighted by Crippen LogP contribution is 2.31. The van der Waals surface area contributed by atoms with Crippen LogP contribution in [-0.2, 0) is 6.54 Å². The Labute approximate surface area is 136 Å². The molecule has 0 atom stereocenters. The van der Waals surface area contributed by atoms with Crippen molar-refractivity contribution in [3.05, 3.63) is 38.0 Å². The maximum atomic E-state index is 12.1. The van der Waals surface area contributed by atoms with E-state index in [1.165, 1.54) is 7.11 Å². The molecule has 0 fully saturated rings. The van der Waals surface area contributed by atoms with Crippen LogP contribution in [0.1, 0.15) is 13.8 Å². The van der Waals surface area contributed by atoms with Crippen molar-refractivity contribution in [3.63, 3.8) is 0 Å². The lowest BCUT2D eigenvalue weighted by Crippen LogP contribution is -2.29. The lowest BCUT2D eigenvalue weighted by molar-refractivity contribution is 0.415. The fourth-order valence-corrected chi connectivity index (χ4v) is 2.74. The van der Waals surface area contributed by atoms with Crippen LogP contribution in [0.5, 0.6) is 5.75 Å². The lowest BCUT2D eigenvalue weighted by atomic mass is 10.2. The normalized spacial score (nSPS) is 11.5. The number of nitrogens with one attached hydrogen (secondary N) is 1. The highest BCUT2D eigenvalue weighted by atomic mass is 35.5. The molecule has 0 bridgehead atoms. The van der Waals surface area contributed by atoms with Gasteiger partial charge in [-0.1, -0.05) is 25.4 Å². The molecule has 120 valence electrons. The summed E-state index contributed by atoms with van der Waals surface area (Å²) in [6.45, 7) is 4.63. The summed E-state index contributed by atoms with van der Waals surface area (Å²) in [5, 5.41) is 0.396. The number of rotatable bonds is 3. The maximum Gasteiger partial charge on any atom is 0.349 e. The molecule has 8 heteroatoms. The summed E-state index contributed by atoms with van der Waals surface area (Å²) in [7, 11) is 1.52. The van der Waals surface area contributed by atoms with Crippen LogP contribution >= 0.6 is 11.6 Å². The van der Waals surface area contributed by atoms with Crippen LogP contribution in [0, 0.1) is 5.92 Å². The van der Waals surface area contributed by atoms with E-state index in [0.717, 1.165) is 0 Å². The van der Waals surface area contributed by atoms with Crippen LogP contribution in [0.2, 0.25) is 5.02 Å². The topological polar surface area (TPSA) is 89.9 Å². The Morgan fingerprint density at radius 1 is 1.30 bits per heavy atom. The summed E-state index contributed by atoms with van der Waals surface area (Å²) in [6, 6.07) is 3.37. The Balaban J connectivity index is 2.51. The molecule has 1 N–H and O–H groups in total. The lowest BCUT2D eigenvalue weighted by Gasteiger charge is -2.19. The standard InChI is InChI=1S/C15H15ClN4O3/c1-7(2)6-20-10-5-11(23-3)8(16)4-9(10)17-12-13(20)18-15(22)19-14(12)21/h4-5,7H,6H2,1-3H3,(H,19,21,22). The third kappa shape index (κ3) is 2.68. The monoisotopic (exact) mass is 334 g/mol. The van der Waals surface area contributed by atoms with Crippen LogP contribution in [0.15, 0.2) is 21.7 Å². The number of aromatic nitrogens is 4. The third-order valence-electron chi connectivity index (χ3n) is 3.43. The average Bonchev–Trinajstić information content (AvgIpc) is 2.47. The smallest absolute Gasteiger partial charge is 0.349 e. The molecule has 7 nitrogen and oxygen atoms in total. The van der Waals surface area contributed by atoms with E-state index < -0.39 is 11.2 Å². The number of aromatic amines is 1. The minimum Gasteiger partial charge on any atom is -0.495 e. The summed E-state index contributed by atoms with van der Waals surface area (Å²) in [6.07, 6.45) is 0. The number of H-pyrrole nitrogens is 1. The first-order chi connectivity index (χ1) is 10.9. The van der Waals surface area contributed by atoms with Crippen molar-refractivity contribution in [1.82, 2.24) is 19.5 Å². The second kappa shape index (κ2) is 5.66. The Morgan fingerprint density at radius 3 is 2.70 bits per heavy atom. The van der Waals surface area contributed by atoms with Gasteiger partial charge in [0.25, 0.3) is 5.56 Å². The van der Waals surface area contributed by atoms with Gasteiger partial charge in [-0.05, 0) is 12.0 Å². The first-order valence-corrected chi connectivity index (χ1v) is 7.46. The molecule has 0 unspecified atom stereocenters. The van der Waals surface area contributed by atoms with E-state index in [0.29, 0.717) is 28.4 Å². The predicted molar refractivity (Wildman–Crippen MR) is 87.4 cm³/mol. The highest BCUT2D eigenvalue weighted by Gasteiger charge is 2.20. The fraction of sp³-hybridized carbons (Fsp3) is 0.333. The quantitative estimate of drug-likeness (QED) is 0.739. The van der Waals surface area contributed by atoms with Gasteiger partial charge in [0.15, 0.2) is 11.5 Å². The molecule has 1 aromatic carbocycles. The van der Waals surface area contributed by atoms with E-state index in [9.17, 15) is 9.59 Å². The molecule has 23 heavy (non-hydrogen) atoms. The first-order valence-electron chi connectivity index (χ1n) is 7.09. The Morgan fingerprint density at radius 2 is 2.04 bits per heavy atom.